The van der Waals surface area contributed by atoms with Crippen molar-refractivity contribution in [1.82, 2.24) is 4.90 Å². The van der Waals surface area contributed by atoms with Crippen molar-refractivity contribution in [3.63, 3.8) is 0 Å². The molecule has 1 N–H and O–H groups in total. The van der Waals surface area contributed by atoms with Gasteiger partial charge in [-0.3, -0.25) is 9.69 Å². The molecule has 166 valence electrons. The molecule has 3 aromatic rings. The molecule has 0 fully saturated rings. The number of hydrogen-bond donors (Lipinski definition) is 1. The molecule has 3 atom stereocenters. The molecule has 2 unspecified atom stereocenters. The molecule has 0 saturated carbocycles. The fourth-order valence-corrected chi connectivity index (χ4v) is 5.54. The largest absolute Gasteiger partial charge is 0.465 e. The van der Waals surface area contributed by atoms with Crippen molar-refractivity contribution >= 4 is 22.6 Å². The summed E-state index contributed by atoms with van der Waals surface area (Å²) in [5, 5.41) is 12.6. The van der Waals surface area contributed by atoms with Crippen molar-refractivity contribution in [2.45, 2.75) is 52.6 Å². The average Bonchev–Trinajstić information content (AvgIpc) is 2.75. The van der Waals surface area contributed by atoms with Crippen LogP contribution in [0, 0.1) is 11.3 Å². The second-order valence-electron chi connectivity index (χ2n) is 9.99. The molecule has 0 spiro atoms. The third kappa shape index (κ3) is 4.02. The van der Waals surface area contributed by atoms with Crippen LogP contribution in [0.4, 0.5) is 4.79 Å². The number of nitrogens with zero attached hydrogens (tertiary/aromatic N) is 1. The van der Waals surface area contributed by atoms with Crippen LogP contribution < -0.4 is 0 Å². The molecule has 3 aromatic carbocycles. The van der Waals surface area contributed by atoms with Crippen molar-refractivity contribution in [2.75, 3.05) is 0 Å². The summed E-state index contributed by atoms with van der Waals surface area (Å²) in [7, 11) is 0. The summed E-state index contributed by atoms with van der Waals surface area (Å²) in [5.74, 6) is 0.0279. The number of hydrogen-bond acceptors (Lipinski definition) is 2. The Labute approximate surface area is 189 Å². The van der Waals surface area contributed by atoms with Gasteiger partial charge in [0.15, 0.2) is 5.78 Å². The fourth-order valence-electron chi connectivity index (χ4n) is 5.54. The van der Waals surface area contributed by atoms with Gasteiger partial charge < -0.3 is 5.11 Å². The first-order valence-electron chi connectivity index (χ1n) is 11.3. The van der Waals surface area contributed by atoms with Gasteiger partial charge >= 0.3 is 6.09 Å². The number of carbonyl (C=O) groups is 2. The Morgan fingerprint density at radius 2 is 1.62 bits per heavy atom. The van der Waals surface area contributed by atoms with Crippen LogP contribution in [0.1, 0.15) is 61.6 Å². The topological polar surface area (TPSA) is 57.6 Å². The summed E-state index contributed by atoms with van der Waals surface area (Å²) < 4.78 is 0. The van der Waals surface area contributed by atoms with Gasteiger partial charge in [-0.25, -0.2) is 4.79 Å². The maximum atomic E-state index is 13.0. The van der Waals surface area contributed by atoms with E-state index in [9.17, 15) is 14.7 Å². The van der Waals surface area contributed by atoms with Crippen molar-refractivity contribution < 1.29 is 14.7 Å². The zero-order valence-corrected chi connectivity index (χ0v) is 19.2. The number of ketones is 1. The highest BCUT2D eigenvalue weighted by Crippen LogP contribution is 2.42. The van der Waals surface area contributed by atoms with Gasteiger partial charge in [-0.05, 0) is 46.6 Å². The summed E-state index contributed by atoms with van der Waals surface area (Å²) in [4.78, 5) is 27.3. The van der Waals surface area contributed by atoms with E-state index in [-0.39, 0.29) is 29.2 Å². The third-order valence-electron chi connectivity index (χ3n) is 6.79. The van der Waals surface area contributed by atoms with E-state index in [4.69, 9.17) is 0 Å². The smallest absolute Gasteiger partial charge is 0.408 e. The number of Topliss-reactive ketones (excluding diaryl/α,β-unsaturated/α-hetero) is 1. The van der Waals surface area contributed by atoms with E-state index in [1.165, 1.54) is 0 Å². The van der Waals surface area contributed by atoms with Crippen LogP contribution in [0.15, 0.2) is 66.7 Å². The van der Waals surface area contributed by atoms with Gasteiger partial charge in [-0.15, -0.1) is 0 Å². The number of carbonyl (C=O) groups excluding carboxylic acids is 1. The quantitative estimate of drug-likeness (QED) is 0.499. The second-order valence-corrected chi connectivity index (χ2v) is 9.99. The molecule has 1 amide bonds. The number of rotatable bonds is 4. The van der Waals surface area contributed by atoms with E-state index in [1.807, 2.05) is 61.5 Å². The summed E-state index contributed by atoms with van der Waals surface area (Å²) in [6, 6.07) is 21.2. The normalized spacial score (nSPS) is 18.1. The molecule has 32 heavy (non-hydrogen) atoms. The Hall–Kier alpha value is -3.14. The van der Waals surface area contributed by atoms with Crippen LogP contribution in [0.2, 0.25) is 0 Å². The molecule has 0 saturated heterocycles. The van der Waals surface area contributed by atoms with E-state index >= 15 is 0 Å². The Kier molecular flexibility index (Phi) is 5.81. The van der Waals surface area contributed by atoms with E-state index in [1.54, 1.807) is 4.90 Å². The minimum atomic E-state index is -0.948. The predicted molar refractivity (Wildman–Crippen MR) is 128 cm³/mol. The van der Waals surface area contributed by atoms with Crippen LogP contribution in [0.5, 0.6) is 0 Å². The van der Waals surface area contributed by atoms with Gasteiger partial charge in [0.2, 0.25) is 0 Å². The SMILES string of the molecule is C[C@H](c1cccc2ccccc12)N(C(=O)O)C(C1CC(=O)c2ccccc2C1)C(C)(C)C. The average molecular weight is 430 g/mol. The van der Waals surface area contributed by atoms with E-state index < -0.39 is 6.09 Å². The predicted octanol–water partition coefficient (Wildman–Crippen LogP) is 6.74. The van der Waals surface area contributed by atoms with Crippen LogP contribution in [0.3, 0.4) is 0 Å². The van der Waals surface area contributed by atoms with Gasteiger partial charge in [0.1, 0.15) is 0 Å². The lowest BCUT2D eigenvalue weighted by Gasteiger charge is -2.47. The lowest BCUT2D eigenvalue weighted by atomic mass is 9.70. The summed E-state index contributed by atoms with van der Waals surface area (Å²) in [5.41, 5.74) is 2.45. The molecular formula is C28H31NO3. The van der Waals surface area contributed by atoms with Gasteiger partial charge in [0, 0.05) is 18.0 Å². The van der Waals surface area contributed by atoms with Gasteiger partial charge in [-0.2, -0.15) is 0 Å². The maximum absolute atomic E-state index is 13.0. The van der Waals surface area contributed by atoms with Crippen molar-refractivity contribution in [2.24, 2.45) is 11.3 Å². The van der Waals surface area contributed by atoms with Crippen molar-refractivity contribution in [1.29, 1.82) is 0 Å². The number of fused-ring (bicyclic) bond motifs is 2. The van der Waals surface area contributed by atoms with Crippen molar-refractivity contribution in [3.8, 4) is 0 Å². The fraction of sp³-hybridized carbons (Fsp3) is 0.357. The Balaban J connectivity index is 1.79. The molecule has 0 radical (unpaired) electrons. The third-order valence-corrected chi connectivity index (χ3v) is 6.79. The minimum absolute atomic E-state index is 0.0778. The summed E-state index contributed by atoms with van der Waals surface area (Å²) in [6.07, 6.45) is 0.123. The molecule has 1 aliphatic rings. The molecular weight excluding hydrogens is 398 g/mol. The van der Waals surface area contributed by atoms with E-state index in [0.717, 1.165) is 27.5 Å². The van der Waals surface area contributed by atoms with E-state index in [0.29, 0.717) is 12.8 Å². The maximum Gasteiger partial charge on any atom is 0.408 e. The number of carboxylic acid groups (broad SMARTS) is 1. The highest BCUT2D eigenvalue weighted by atomic mass is 16.4. The molecule has 0 bridgehead atoms. The Morgan fingerprint density at radius 1 is 0.969 bits per heavy atom. The Bertz CT molecular complexity index is 1160. The molecule has 1 aliphatic carbocycles. The zero-order chi connectivity index (χ0) is 23.0. The molecule has 4 heteroatoms. The molecule has 0 heterocycles. The number of benzene rings is 3. The standard InChI is InChI=1S/C28H31NO3/c1-18(22-15-9-12-19-10-5-7-13-23(19)22)29(27(31)32)26(28(2,3)4)21-16-20-11-6-8-14-24(20)25(30)17-21/h5-15,18,21,26H,16-17H2,1-4H3,(H,31,32)/t18-,21?,26?/m1/s1. The molecule has 0 aromatic heterocycles. The first-order valence-corrected chi connectivity index (χ1v) is 11.3. The molecule has 4 nitrogen and oxygen atoms in total. The first kappa shape index (κ1) is 22.1. The van der Waals surface area contributed by atoms with E-state index in [2.05, 4.69) is 32.9 Å². The number of amides is 1. The molecule has 0 aliphatic heterocycles. The summed E-state index contributed by atoms with van der Waals surface area (Å²) >= 11 is 0. The second kappa shape index (κ2) is 8.42. The summed E-state index contributed by atoms with van der Waals surface area (Å²) in [6.45, 7) is 8.20. The van der Waals surface area contributed by atoms with Crippen LogP contribution >= 0.6 is 0 Å². The molecule has 4 rings (SSSR count). The zero-order valence-electron chi connectivity index (χ0n) is 19.2. The minimum Gasteiger partial charge on any atom is -0.465 e. The van der Waals surface area contributed by atoms with Gasteiger partial charge in [-0.1, -0.05) is 87.5 Å². The van der Waals surface area contributed by atoms with Gasteiger partial charge in [0.05, 0.1) is 6.04 Å². The van der Waals surface area contributed by atoms with Gasteiger partial charge in [0.25, 0.3) is 0 Å². The highest BCUT2D eigenvalue weighted by molar-refractivity contribution is 5.98. The highest BCUT2D eigenvalue weighted by Gasteiger charge is 2.44. The lowest BCUT2D eigenvalue weighted by Crippen LogP contribution is -2.53. The van der Waals surface area contributed by atoms with Crippen LogP contribution in [-0.2, 0) is 6.42 Å². The van der Waals surface area contributed by atoms with Crippen LogP contribution in [-0.4, -0.2) is 27.9 Å². The van der Waals surface area contributed by atoms with Crippen LogP contribution in [0.25, 0.3) is 10.8 Å². The first-order chi connectivity index (χ1) is 15.2. The van der Waals surface area contributed by atoms with Crippen molar-refractivity contribution in [3.05, 3.63) is 83.4 Å². The monoisotopic (exact) mass is 429 g/mol. The lowest BCUT2D eigenvalue weighted by molar-refractivity contribution is 0.0233. The Morgan fingerprint density at radius 3 is 2.34 bits per heavy atom.